The first-order valence-corrected chi connectivity index (χ1v) is 9.10. The maximum absolute atomic E-state index is 12.1. The summed E-state index contributed by atoms with van der Waals surface area (Å²) in [6.07, 6.45) is 0. The number of para-hydroxylation sites is 2. The van der Waals surface area contributed by atoms with Crippen molar-refractivity contribution in [2.75, 3.05) is 19.5 Å². The number of nitrogens with zero attached hydrogens (tertiary/aromatic N) is 3. The molecule has 1 aromatic heterocycles. The molecule has 2 aromatic carbocycles. The first kappa shape index (κ1) is 17.1. The summed E-state index contributed by atoms with van der Waals surface area (Å²) in [5.74, 6) is 0.548. The van der Waals surface area contributed by atoms with E-state index in [1.54, 1.807) is 24.3 Å². The second-order valence-electron chi connectivity index (χ2n) is 5.72. The molecular weight excluding hydrogens is 338 g/mol. The predicted octanol–water partition coefficient (Wildman–Crippen LogP) is 2.65. The minimum Gasteiger partial charge on any atom is -0.323 e. The fourth-order valence-corrected chi connectivity index (χ4v) is 3.19. The van der Waals surface area contributed by atoms with E-state index in [1.165, 1.54) is 18.4 Å². The molecule has 0 saturated carbocycles. The van der Waals surface area contributed by atoms with Gasteiger partial charge in [0.25, 0.3) is 0 Å². The van der Waals surface area contributed by atoms with E-state index in [4.69, 9.17) is 0 Å². The van der Waals surface area contributed by atoms with Gasteiger partial charge in [0.2, 0.25) is 16.0 Å². The minimum absolute atomic E-state index is 0.249. The Labute approximate surface area is 146 Å². The topological polar surface area (TPSA) is 90.5 Å². The molecule has 0 amide bonds. The number of aromatic amines is 1. The zero-order valence-electron chi connectivity index (χ0n) is 14.2. The van der Waals surface area contributed by atoms with E-state index < -0.39 is 10.0 Å². The van der Waals surface area contributed by atoms with Gasteiger partial charge in [-0.05, 0) is 36.8 Å². The highest BCUT2D eigenvalue weighted by Crippen LogP contribution is 2.16. The van der Waals surface area contributed by atoms with Gasteiger partial charge in [0, 0.05) is 14.1 Å². The fourth-order valence-electron chi connectivity index (χ4n) is 2.29. The molecule has 2 N–H and O–H groups in total. The van der Waals surface area contributed by atoms with Gasteiger partial charge < -0.3 is 4.98 Å². The lowest BCUT2D eigenvalue weighted by Crippen LogP contribution is -2.22. The number of H-pyrrole nitrogens is 1. The van der Waals surface area contributed by atoms with Crippen LogP contribution in [0.3, 0.4) is 0 Å². The van der Waals surface area contributed by atoms with Crippen molar-refractivity contribution in [1.29, 1.82) is 0 Å². The first-order chi connectivity index (χ1) is 11.9. The molecule has 7 nitrogen and oxygen atoms in total. The van der Waals surface area contributed by atoms with Crippen LogP contribution in [0.2, 0.25) is 0 Å². The summed E-state index contributed by atoms with van der Waals surface area (Å²) in [5, 5.41) is 4.30. The Balaban J connectivity index is 1.78. The number of sulfonamides is 1. The molecule has 0 radical (unpaired) electrons. The Hall–Kier alpha value is -2.71. The Morgan fingerprint density at radius 1 is 1.12 bits per heavy atom. The third kappa shape index (κ3) is 3.54. The van der Waals surface area contributed by atoms with E-state index in [-0.39, 0.29) is 4.90 Å². The van der Waals surface area contributed by atoms with Gasteiger partial charge in [0.05, 0.1) is 21.6 Å². The highest BCUT2D eigenvalue weighted by atomic mass is 32.2. The number of fused-ring (bicyclic) bond motifs is 1. The van der Waals surface area contributed by atoms with Crippen LogP contribution in [-0.4, -0.2) is 42.5 Å². The summed E-state index contributed by atoms with van der Waals surface area (Å²) in [4.78, 5) is 7.76. The normalized spacial score (nSPS) is 12.7. The van der Waals surface area contributed by atoms with E-state index in [2.05, 4.69) is 20.5 Å². The average molecular weight is 357 g/mol. The number of hydrazone groups is 1. The van der Waals surface area contributed by atoms with Crippen molar-refractivity contribution in [3.63, 3.8) is 0 Å². The van der Waals surface area contributed by atoms with Crippen LogP contribution in [0.1, 0.15) is 12.5 Å². The zero-order valence-corrected chi connectivity index (χ0v) is 15.0. The van der Waals surface area contributed by atoms with Crippen LogP contribution >= 0.6 is 0 Å². The predicted molar refractivity (Wildman–Crippen MR) is 99.2 cm³/mol. The minimum atomic E-state index is -3.43. The molecule has 8 heteroatoms. The molecule has 3 aromatic rings. The monoisotopic (exact) mass is 357 g/mol. The lowest BCUT2D eigenvalue weighted by molar-refractivity contribution is 0.521. The van der Waals surface area contributed by atoms with Gasteiger partial charge >= 0.3 is 0 Å². The molecular formula is C17H19N5O2S. The number of nitrogens with one attached hydrogen (secondary N) is 2. The van der Waals surface area contributed by atoms with E-state index in [0.717, 1.165) is 16.6 Å². The van der Waals surface area contributed by atoms with Crippen molar-refractivity contribution in [2.24, 2.45) is 5.10 Å². The van der Waals surface area contributed by atoms with Gasteiger partial charge in [0.15, 0.2) is 0 Å². The van der Waals surface area contributed by atoms with Crippen molar-refractivity contribution in [2.45, 2.75) is 11.8 Å². The molecule has 0 saturated heterocycles. The van der Waals surface area contributed by atoms with Crippen LogP contribution < -0.4 is 5.43 Å². The number of imidazole rings is 1. The molecule has 0 atom stereocenters. The molecule has 3 rings (SSSR count). The van der Waals surface area contributed by atoms with Crippen molar-refractivity contribution >= 4 is 32.7 Å². The Kier molecular flexibility index (Phi) is 4.56. The van der Waals surface area contributed by atoms with Crippen molar-refractivity contribution in [1.82, 2.24) is 14.3 Å². The molecule has 25 heavy (non-hydrogen) atoms. The number of benzene rings is 2. The summed E-state index contributed by atoms with van der Waals surface area (Å²) in [5.41, 5.74) is 6.21. The smallest absolute Gasteiger partial charge is 0.242 e. The quantitative estimate of drug-likeness (QED) is 0.542. The summed E-state index contributed by atoms with van der Waals surface area (Å²) < 4.78 is 25.3. The molecule has 1 heterocycles. The molecule has 0 aliphatic heterocycles. The second kappa shape index (κ2) is 6.66. The van der Waals surface area contributed by atoms with Crippen LogP contribution in [0.25, 0.3) is 11.0 Å². The fraction of sp³-hybridized carbons (Fsp3) is 0.176. The average Bonchev–Trinajstić information content (AvgIpc) is 3.02. The van der Waals surface area contributed by atoms with Gasteiger partial charge in [-0.2, -0.15) is 5.10 Å². The van der Waals surface area contributed by atoms with Crippen LogP contribution in [0.5, 0.6) is 0 Å². The summed E-state index contributed by atoms with van der Waals surface area (Å²) in [6, 6.07) is 14.3. The number of hydrogen-bond donors (Lipinski definition) is 2. The number of anilines is 1. The lowest BCUT2D eigenvalue weighted by Gasteiger charge is -2.11. The van der Waals surface area contributed by atoms with Gasteiger partial charge in [-0.15, -0.1) is 0 Å². The highest BCUT2D eigenvalue weighted by Gasteiger charge is 2.16. The number of rotatable bonds is 5. The molecule has 0 aliphatic rings. The Bertz CT molecular complexity index is 988. The van der Waals surface area contributed by atoms with E-state index >= 15 is 0 Å². The summed E-state index contributed by atoms with van der Waals surface area (Å²) in [7, 11) is -0.412. The molecule has 0 aliphatic carbocycles. The standard InChI is InChI=1S/C17H19N5O2S/c1-12(13-8-10-14(11-9-13)25(23,24)22(2)3)20-21-17-18-15-6-4-5-7-16(15)19-17/h4-11H,1-3H3,(H2,18,19,21)/b20-12-. The number of hydrogen-bond acceptors (Lipinski definition) is 5. The van der Waals surface area contributed by atoms with Gasteiger partial charge in [-0.1, -0.05) is 24.3 Å². The maximum atomic E-state index is 12.1. The van der Waals surface area contributed by atoms with E-state index in [0.29, 0.717) is 11.7 Å². The van der Waals surface area contributed by atoms with Crippen LogP contribution in [0.15, 0.2) is 58.5 Å². The van der Waals surface area contributed by atoms with Crippen LogP contribution in [0.4, 0.5) is 5.95 Å². The number of aromatic nitrogens is 2. The highest BCUT2D eigenvalue weighted by molar-refractivity contribution is 7.89. The maximum Gasteiger partial charge on any atom is 0.242 e. The first-order valence-electron chi connectivity index (χ1n) is 7.66. The third-order valence-electron chi connectivity index (χ3n) is 3.77. The van der Waals surface area contributed by atoms with E-state index in [1.807, 2.05) is 31.2 Å². The van der Waals surface area contributed by atoms with Crippen molar-refractivity contribution in [3.8, 4) is 0 Å². The van der Waals surface area contributed by atoms with Gasteiger partial charge in [-0.25, -0.2) is 23.1 Å². The van der Waals surface area contributed by atoms with Gasteiger partial charge in [-0.3, -0.25) is 0 Å². The Morgan fingerprint density at radius 2 is 1.80 bits per heavy atom. The summed E-state index contributed by atoms with van der Waals surface area (Å²) >= 11 is 0. The molecule has 0 spiro atoms. The SMILES string of the molecule is C/C(=N/Nc1nc2ccccc2[nH]1)c1ccc(S(=O)(=O)N(C)C)cc1. The molecule has 0 fully saturated rings. The van der Waals surface area contributed by atoms with Crippen molar-refractivity contribution < 1.29 is 8.42 Å². The largest absolute Gasteiger partial charge is 0.323 e. The molecule has 0 bridgehead atoms. The lowest BCUT2D eigenvalue weighted by atomic mass is 10.1. The second-order valence-corrected chi connectivity index (χ2v) is 7.88. The van der Waals surface area contributed by atoms with Crippen LogP contribution in [0, 0.1) is 0 Å². The summed E-state index contributed by atoms with van der Waals surface area (Å²) in [6.45, 7) is 1.84. The van der Waals surface area contributed by atoms with E-state index in [9.17, 15) is 8.42 Å². The Morgan fingerprint density at radius 3 is 2.44 bits per heavy atom. The third-order valence-corrected chi connectivity index (χ3v) is 5.60. The van der Waals surface area contributed by atoms with Gasteiger partial charge in [0.1, 0.15) is 0 Å². The zero-order chi connectivity index (χ0) is 18.0. The van der Waals surface area contributed by atoms with Crippen LogP contribution in [-0.2, 0) is 10.0 Å². The van der Waals surface area contributed by atoms with Crippen molar-refractivity contribution in [3.05, 3.63) is 54.1 Å². The molecule has 130 valence electrons. The molecule has 0 unspecified atom stereocenters.